The van der Waals surface area contributed by atoms with E-state index in [9.17, 15) is 9.59 Å². The zero-order valence-electron chi connectivity index (χ0n) is 18.7. The summed E-state index contributed by atoms with van der Waals surface area (Å²) in [6, 6.07) is 17.2. The van der Waals surface area contributed by atoms with Gasteiger partial charge in [0.15, 0.2) is 5.76 Å². The van der Waals surface area contributed by atoms with E-state index in [-0.39, 0.29) is 11.8 Å². The number of pyridine rings is 1. The Kier molecular flexibility index (Phi) is 5.42. The van der Waals surface area contributed by atoms with Gasteiger partial charge in [0.2, 0.25) is 5.91 Å². The molecule has 1 aliphatic rings. The number of hydrogen-bond acceptors (Lipinski definition) is 4. The minimum atomic E-state index is -0.603. The van der Waals surface area contributed by atoms with Crippen LogP contribution in [0.1, 0.15) is 27.2 Å². The molecule has 1 saturated heterocycles. The van der Waals surface area contributed by atoms with Crippen LogP contribution in [0.25, 0.3) is 22.1 Å². The van der Waals surface area contributed by atoms with E-state index in [1.165, 1.54) is 0 Å². The molecule has 2 aromatic heterocycles. The van der Waals surface area contributed by atoms with Gasteiger partial charge in [0.05, 0.1) is 0 Å². The first-order valence-electron chi connectivity index (χ1n) is 11.1. The number of benzene rings is 2. The maximum Gasteiger partial charge on any atom is 0.290 e. The summed E-state index contributed by atoms with van der Waals surface area (Å²) in [5.74, 6) is -0.0825. The summed E-state index contributed by atoms with van der Waals surface area (Å²) in [6.45, 7) is 4.78. The van der Waals surface area contributed by atoms with Crippen LogP contribution in [0, 0.1) is 13.8 Å². The van der Waals surface area contributed by atoms with E-state index in [0.29, 0.717) is 30.9 Å². The summed E-state index contributed by atoms with van der Waals surface area (Å²) in [5.41, 5.74) is 5.69. The smallest absolute Gasteiger partial charge is 0.290 e. The van der Waals surface area contributed by atoms with Crippen molar-refractivity contribution < 1.29 is 14.0 Å². The maximum absolute atomic E-state index is 13.6. The second-order valence-corrected chi connectivity index (χ2v) is 8.50. The van der Waals surface area contributed by atoms with Gasteiger partial charge in [-0.05, 0) is 54.8 Å². The normalized spacial score (nSPS) is 16.1. The molecule has 4 aromatic rings. The van der Waals surface area contributed by atoms with Crippen LogP contribution in [0.2, 0.25) is 0 Å². The van der Waals surface area contributed by atoms with Crippen molar-refractivity contribution in [3.63, 3.8) is 0 Å². The number of piperazine rings is 1. The third kappa shape index (κ3) is 4.00. The molecule has 1 atom stereocenters. The van der Waals surface area contributed by atoms with Gasteiger partial charge < -0.3 is 14.6 Å². The van der Waals surface area contributed by atoms with Gasteiger partial charge in [-0.15, -0.1) is 0 Å². The van der Waals surface area contributed by atoms with Gasteiger partial charge in [-0.1, -0.05) is 35.9 Å². The van der Waals surface area contributed by atoms with Gasteiger partial charge in [0.1, 0.15) is 11.6 Å². The minimum absolute atomic E-state index is 0.145. The molecule has 1 N–H and O–H groups in total. The molecular weight excluding hydrogens is 414 g/mol. The molecule has 0 bridgehead atoms. The molecule has 6 heteroatoms. The third-order valence-corrected chi connectivity index (χ3v) is 6.25. The summed E-state index contributed by atoms with van der Waals surface area (Å²) in [5, 5.41) is 3.84. The molecule has 166 valence electrons. The lowest BCUT2D eigenvalue weighted by molar-refractivity contribution is -0.127. The van der Waals surface area contributed by atoms with Crippen LogP contribution in [0.15, 0.2) is 71.4 Å². The van der Waals surface area contributed by atoms with E-state index in [2.05, 4.69) is 16.4 Å². The molecule has 1 fully saturated rings. The SMILES string of the molecule is Cc1ccc2oc(C(=O)N3CCNC(=O)[C@@H]3Cc3cccc(-c4ccncc4)c3)c(C)c2c1. The predicted molar refractivity (Wildman–Crippen MR) is 127 cm³/mol. The van der Waals surface area contributed by atoms with Crippen LogP contribution >= 0.6 is 0 Å². The highest BCUT2D eigenvalue weighted by Gasteiger charge is 2.35. The highest BCUT2D eigenvalue weighted by molar-refractivity contribution is 6.01. The Morgan fingerprint density at radius 1 is 1.09 bits per heavy atom. The number of nitrogens with zero attached hydrogens (tertiary/aromatic N) is 2. The number of carbonyl (C=O) groups excluding carboxylic acids is 2. The Bertz CT molecular complexity index is 1340. The molecule has 5 rings (SSSR count). The lowest BCUT2D eigenvalue weighted by Gasteiger charge is -2.34. The van der Waals surface area contributed by atoms with Gasteiger partial charge in [-0.3, -0.25) is 14.6 Å². The molecule has 0 unspecified atom stereocenters. The molecule has 6 nitrogen and oxygen atoms in total. The van der Waals surface area contributed by atoms with E-state index < -0.39 is 6.04 Å². The zero-order valence-corrected chi connectivity index (χ0v) is 18.7. The van der Waals surface area contributed by atoms with E-state index >= 15 is 0 Å². The van der Waals surface area contributed by atoms with Gasteiger partial charge in [-0.25, -0.2) is 0 Å². The van der Waals surface area contributed by atoms with E-state index in [0.717, 1.165) is 33.2 Å². The van der Waals surface area contributed by atoms with Crippen LogP contribution in [-0.4, -0.2) is 40.8 Å². The number of nitrogens with one attached hydrogen (secondary N) is 1. The molecule has 2 aromatic carbocycles. The Morgan fingerprint density at radius 3 is 2.73 bits per heavy atom. The number of fused-ring (bicyclic) bond motifs is 1. The summed E-state index contributed by atoms with van der Waals surface area (Å²) in [6.07, 6.45) is 3.94. The van der Waals surface area contributed by atoms with Crippen molar-refractivity contribution in [1.29, 1.82) is 0 Å². The average Bonchev–Trinajstić information content (AvgIpc) is 3.16. The Balaban J connectivity index is 1.45. The second-order valence-electron chi connectivity index (χ2n) is 8.50. The van der Waals surface area contributed by atoms with E-state index in [1.54, 1.807) is 17.3 Å². The quantitative estimate of drug-likeness (QED) is 0.515. The summed E-state index contributed by atoms with van der Waals surface area (Å²) in [7, 11) is 0. The lowest BCUT2D eigenvalue weighted by Crippen LogP contribution is -2.58. The molecule has 33 heavy (non-hydrogen) atoms. The maximum atomic E-state index is 13.6. The van der Waals surface area contributed by atoms with Crippen LogP contribution in [0.4, 0.5) is 0 Å². The molecule has 1 aliphatic heterocycles. The first kappa shape index (κ1) is 20.9. The van der Waals surface area contributed by atoms with E-state index in [4.69, 9.17) is 4.42 Å². The molecule has 0 spiro atoms. The molecule has 0 aliphatic carbocycles. The van der Waals surface area contributed by atoms with Crippen molar-refractivity contribution in [2.75, 3.05) is 13.1 Å². The van der Waals surface area contributed by atoms with E-state index in [1.807, 2.05) is 62.4 Å². The Labute approximate surface area is 192 Å². The number of rotatable bonds is 4. The number of aryl methyl sites for hydroxylation is 2. The number of furan rings is 1. The second kappa shape index (κ2) is 8.54. The Morgan fingerprint density at radius 2 is 1.91 bits per heavy atom. The van der Waals surface area contributed by atoms with Crippen molar-refractivity contribution in [2.45, 2.75) is 26.3 Å². The van der Waals surface area contributed by atoms with Crippen molar-refractivity contribution in [3.05, 3.63) is 89.4 Å². The molecule has 0 saturated carbocycles. The topological polar surface area (TPSA) is 75.4 Å². The fourth-order valence-electron chi connectivity index (χ4n) is 4.48. The fourth-order valence-corrected chi connectivity index (χ4v) is 4.48. The highest BCUT2D eigenvalue weighted by Crippen LogP contribution is 2.28. The van der Waals surface area contributed by atoms with Crippen molar-refractivity contribution >= 4 is 22.8 Å². The first-order valence-corrected chi connectivity index (χ1v) is 11.1. The monoisotopic (exact) mass is 439 g/mol. The number of carbonyl (C=O) groups is 2. The molecule has 3 heterocycles. The van der Waals surface area contributed by atoms with Gasteiger partial charge in [-0.2, -0.15) is 0 Å². The van der Waals surface area contributed by atoms with Gasteiger partial charge >= 0.3 is 0 Å². The van der Waals surface area contributed by atoms with Crippen LogP contribution in [0.5, 0.6) is 0 Å². The molecular formula is C27H25N3O3. The predicted octanol–water partition coefficient (Wildman–Crippen LogP) is 4.29. The van der Waals surface area contributed by atoms with Crippen molar-refractivity contribution in [2.24, 2.45) is 0 Å². The number of amides is 2. The first-order chi connectivity index (χ1) is 16.0. The van der Waals surface area contributed by atoms with Crippen molar-refractivity contribution in [3.8, 4) is 11.1 Å². The number of hydrogen-bond donors (Lipinski definition) is 1. The third-order valence-electron chi connectivity index (χ3n) is 6.25. The van der Waals surface area contributed by atoms with Crippen molar-refractivity contribution in [1.82, 2.24) is 15.2 Å². The van der Waals surface area contributed by atoms with Gasteiger partial charge in [0, 0.05) is 42.9 Å². The standard InChI is InChI=1S/C27H25N3O3/c1-17-6-7-24-22(14-17)18(2)25(33-24)27(32)30-13-12-29-26(31)23(30)16-19-4-3-5-21(15-19)20-8-10-28-11-9-20/h3-11,14-15,23H,12-13,16H2,1-2H3,(H,29,31)/t23-/m0/s1. The average molecular weight is 440 g/mol. The largest absolute Gasteiger partial charge is 0.451 e. The lowest BCUT2D eigenvalue weighted by atomic mass is 9.97. The van der Waals surface area contributed by atoms with Crippen LogP contribution < -0.4 is 5.32 Å². The van der Waals surface area contributed by atoms with Crippen LogP contribution in [-0.2, 0) is 11.2 Å². The molecule has 0 radical (unpaired) electrons. The number of aromatic nitrogens is 1. The summed E-state index contributed by atoms with van der Waals surface area (Å²) in [4.78, 5) is 32.1. The highest BCUT2D eigenvalue weighted by atomic mass is 16.3. The summed E-state index contributed by atoms with van der Waals surface area (Å²) >= 11 is 0. The zero-order chi connectivity index (χ0) is 22.9. The molecule has 2 amide bonds. The minimum Gasteiger partial charge on any atom is -0.451 e. The van der Waals surface area contributed by atoms with Gasteiger partial charge in [0.25, 0.3) is 5.91 Å². The Hall–Kier alpha value is -3.93. The summed E-state index contributed by atoms with van der Waals surface area (Å²) < 4.78 is 5.95. The van der Waals surface area contributed by atoms with Crippen LogP contribution in [0.3, 0.4) is 0 Å². The fraction of sp³-hybridized carbons (Fsp3) is 0.222.